The van der Waals surface area contributed by atoms with Gasteiger partial charge in [-0.3, -0.25) is 4.79 Å². The molecule has 0 radical (unpaired) electrons. The number of aryl methyl sites for hydroxylation is 1. The minimum atomic E-state index is -1.60. The molecule has 0 spiro atoms. The van der Waals surface area contributed by atoms with E-state index < -0.39 is 29.8 Å². The van der Waals surface area contributed by atoms with Crippen LogP contribution in [0.3, 0.4) is 0 Å². The number of carbonyl (C=O) groups excluding carboxylic acids is 1. The predicted octanol–water partition coefficient (Wildman–Crippen LogP) is 3.54. The summed E-state index contributed by atoms with van der Waals surface area (Å²) in [6.45, 7) is 0.645. The molecule has 1 aliphatic carbocycles. The zero-order valence-electron chi connectivity index (χ0n) is 16.2. The third kappa shape index (κ3) is 3.38. The van der Waals surface area contributed by atoms with Gasteiger partial charge in [-0.15, -0.1) is 0 Å². The summed E-state index contributed by atoms with van der Waals surface area (Å²) in [4.78, 5) is 20.9. The lowest BCUT2D eigenvalue weighted by Gasteiger charge is -2.31. The summed E-state index contributed by atoms with van der Waals surface area (Å²) in [5.41, 5.74) is 4.57. The monoisotopic (exact) mass is 436 g/mol. The molecule has 1 amide bonds. The molecule has 1 aromatic heterocycles. The smallest absolute Gasteiger partial charge is 0.274 e. The third-order valence-electron chi connectivity index (χ3n) is 5.39. The van der Waals surface area contributed by atoms with E-state index in [-0.39, 0.29) is 33.3 Å². The number of alkyl halides is 1. The number of anilines is 1. The number of nitrogens with two attached hydrogens (primary N) is 1. The molecule has 1 aliphatic heterocycles. The van der Waals surface area contributed by atoms with Crippen molar-refractivity contribution < 1.29 is 22.7 Å². The molecule has 2 heterocycles. The molecule has 1 fully saturated rings. The predicted molar refractivity (Wildman–Crippen MR) is 109 cm³/mol. The van der Waals surface area contributed by atoms with Crippen LogP contribution in [0.2, 0.25) is 0 Å². The molecule has 2 aliphatic rings. The van der Waals surface area contributed by atoms with Gasteiger partial charge >= 0.3 is 0 Å². The Kier molecular flexibility index (Phi) is 5.13. The molecule has 0 bridgehead atoms. The van der Waals surface area contributed by atoms with Crippen molar-refractivity contribution in [2.75, 3.05) is 19.1 Å². The van der Waals surface area contributed by atoms with Crippen molar-refractivity contribution in [3.05, 3.63) is 52.9 Å². The summed E-state index contributed by atoms with van der Waals surface area (Å²) in [5, 5.41) is 2.67. The first-order valence-electron chi connectivity index (χ1n) is 9.18. The number of nitrogens with one attached hydrogen (secondary N) is 1. The molecule has 6 nitrogen and oxygen atoms in total. The summed E-state index contributed by atoms with van der Waals surface area (Å²) in [5.74, 6) is -2.83. The van der Waals surface area contributed by atoms with Gasteiger partial charge in [-0.2, -0.15) is 0 Å². The number of rotatable bonds is 5. The van der Waals surface area contributed by atoms with E-state index >= 15 is 0 Å². The molecule has 0 saturated heterocycles. The number of nitrogens with zero attached hydrogens (tertiary/aromatic N) is 2. The zero-order chi connectivity index (χ0) is 21.6. The number of fused-ring (bicyclic) bond motifs is 1. The van der Waals surface area contributed by atoms with Gasteiger partial charge < -0.3 is 15.8 Å². The number of aliphatic imine (C=N–C) groups is 1. The van der Waals surface area contributed by atoms with Crippen LogP contribution in [0.1, 0.15) is 28.0 Å². The molecule has 2 aromatic rings. The summed E-state index contributed by atoms with van der Waals surface area (Å²) >= 11 is 1.31. The number of benzene rings is 1. The highest BCUT2D eigenvalue weighted by Gasteiger charge is 2.58. The van der Waals surface area contributed by atoms with Crippen molar-refractivity contribution in [1.82, 2.24) is 4.98 Å². The third-order valence-corrected chi connectivity index (χ3v) is 6.54. The van der Waals surface area contributed by atoms with Gasteiger partial charge in [-0.05, 0) is 31.0 Å². The van der Waals surface area contributed by atoms with Gasteiger partial charge in [-0.1, -0.05) is 11.8 Å². The largest absolute Gasteiger partial charge is 0.495 e. The summed E-state index contributed by atoms with van der Waals surface area (Å²) in [6, 6.07) is 3.69. The van der Waals surface area contributed by atoms with Crippen LogP contribution in [0.25, 0.3) is 0 Å². The second kappa shape index (κ2) is 7.50. The van der Waals surface area contributed by atoms with Gasteiger partial charge in [0.2, 0.25) is 0 Å². The van der Waals surface area contributed by atoms with Crippen LogP contribution in [0, 0.1) is 24.5 Å². The van der Waals surface area contributed by atoms with E-state index in [4.69, 9.17) is 10.5 Å². The number of aromatic nitrogens is 1. The molecule has 1 aromatic carbocycles. The molecule has 4 rings (SSSR count). The number of pyridine rings is 1. The van der Waals surface area contributed by atoms with E-state index in [0.717, 1.165) is 6.07 Å². The first-order valence-corrected chi connectivity index (χ1v) is 10.1. The first kappa shape index (κ1) is 20.5. The Labute approximate surface area is 175 Å². The lowest BCUT2D eigenvalue weighted by molar-refractivity contribution is 0.102. The Hall–Kier alpha value is -2.75. The van der Waals surface area contributed by atoms with Crippen molar-refractivity contribution in [1.29, 1.82) is 0 Å². The maximum atomic E-state index is 14.7. The number of halogens is 3. The normalized spacial score (nSPS) is 24.6. The fourth-order valence-corrected chi connectivity index (χ4v) is 5.01. The van der Waals surface area contributed by atoms with Crippen LogP contribution < -0.4 is 15.8 Å². The zero-order valence-corrected chi connectivity index (χ0v) is 17.0. The molecule has 30 heavy (non-hydrogen) atoms. The Morgan fingerprint density at radius 2 is 2.17 bits per heavy atom. The Balaban J connectivity index is 1.71. The van der Waals surface area contributed by atoms with E-state index in [1.807, 2.05) is 0 Å². The number of hydrogen-bond donors (Lipinski definition) is 2. The van der Waals surface area contributed by atoms with Crippen molar-refractivity contribution in [2.45, 2.75) is 24.1 Å². The van der Waals surface area contributed by atoms with Crippen LogP contribution in [-0.4, -0.2) is 35.1 Å². The van der Waals surface area contributed by atoms with E-state index in [1.165, 1.54) is 31.1 Å². The number of hydrogen-bond acceptors (Lipinski definition) is 6. The van der Waals surface area contributed by atoms with E-state index in [1.54, 1.807) is 13.0 Å². The number of amidine groups is 1. The van der Waals surface area contributed by atoms with Crippen LogP contribution in [0.5, 0.6) is 5.75 Å². The van der Waals surface area contributed by atoms with Gasteiger partial charge in [0.25, 0.3) is 5.91 Å². The van der Waals surface area contributed by atoms with Crippen LogP contribution in [0.4, 0.5) is 18.9 Å². The lowest BCUT2D eigenvalue weighted by Crippen LogP contribution is -2.37. The molecule has 158 valence electrons. The molecule has 3 atom stereocenters. The quantitative estimate of drug-likeness (QED) is 0.748. The lowest BCUT2D eigenvalue weighted by atomic mass is 9.85. The van der Waals surface area contributed by atoms with E-state index in [2.05, 4.69) is 15.3 Å². The number of ether oxygens (including phenoxy) is 1. The fraction of sp³-hybridized carbons (Fsp3) is 0.350. The number of thioether (sulfide) groups is 1. The van der Waals surface area contributed by atoms with Crippen molar-refractivity contribution in [2.24, 2.45) is 16.6 Å². The highest BCUT2D eigenvalue weighted by molar-refractivity contribution is 8.14. The maximum absolute atomic E-state index is 14.7. The molecular weight excluding hydrogens is 417 g/mol. The van der Waals surface area contributed by atoms with Crippen molar-refractivity contribution in [3.63, 3.8) is 0 Å². The second-order valence-electron chi connectivity index (χ2n) is 7.32. The standard InChI is InChI=1S/C20H19F3N4O2S/c1-9-3-11(29-2)7-25-17(9)18(28)26-10-4-13(16(23)14(22)5-10)20(8-21)12-6-15(12)30-19(24)27-20/h3-5,7,12,15H,6,8H2,1-2H3,(H2,24,27)(H,26,28)/t12-,15+,20+/m1/s1. The molecule has 0 unspecified atom stereocenters. The Morgan fingerprint density at radius 3 is 2.83 bits per heavy atom. The van der Waals surface area contributed by atoms with Gasteiger partial charge in [-0.25, -0.2) is 23.1 Å². The average Bonchev–Trinajstić information content (AvgIpc) is 3.49. The number of methoxy groups -OCH3 is 1. The summed E-state index contributed by atoms with van der Waals surface area (Å²) in [6.07, 6.45) is 1.98. The fourth-order valence-electron chi connectivity index (χ4n) is 3.79. The maximum Gasteiger partial charge on any atom is 0.274 e. The summed E-state index contributed by atoms with van der Waals surface area (Å²) < 4.78 is 48.4. The number of carbonyl (C=O) groups is 1. The van der Waals surface area contributed by atoms with Gasteiger partial charge in [0.05, 0.1) is 13.3 Å². The van der Waals surface area contributed by atoms with Gasteiger partial charge in [0.1, 0.15) is 23.7 Å². The minimum absolute atomic E-state index is 0.0186. The van der Waals surface area contributed by atoms with Crippen LogP contribution >= 0.6 is 11.8 Å². The SMILES string of the molecule is COc1cnc(C(=O)Nc2cc(F)c(F)c([C@@]3(CF)N=C(N)S[C@H]4C[C@H]43)c2)c(C)c1. The second-order valence-corrected chi connectivity index (χ2v) is 8.58. The first-order chi connectivity index (χ1) is 14.3. The number of amides is 1. The Morgan fingerprint density at radius 1 is 1.40 bits per heavy atom. The van der Waals surface area contributed by atoms with E-state index in [0.29, 0.717) is 17.7 Å². The average molecular weight is 436 g/mol. The molecule has 1 saturated carbocycles. The van der Waals surface area contributed by atoms with Gasteiger partial charge in [0.15, 0.2) is 16.8 Å². The Bertz CT molecular complexity index is 1060. The molecular formula is C20H19F3N4O2S. The molecule has 3 N–H and O–H groups in total. The highest BCUT2D eigenvalue weighted by Crippen LogP contribution is 2.58. The highest BCUT2D eigenvalue weighted by atomic mass is 32.2. The van der Waals surface area contributed by atoms with E-state index in [9.17, 15) is 18.0 Å². The topological polar surface area (TPSA) is 89.6 Å². The van der Waals surface area contributed by atoms with Crippen molar-refractivity contribution >= 4 is 28.5 Å². The van der Waals surface area contributed by atoms with Crippen LogP contribution in [-0.2, 0) is 5.54 Å². The molecule has 10 heteroatoms. The minimum Gasteiger partial charge on any atom is -0.495 e. The summed E-state index contributed by atoms with van der Waals surface area (Å²) in [7, 11) is 1.48. The van der Waals surface area contributed by atoms with Crippen molar-refractivity contribution in [3.8, 4) is 5.75 Å². The van der Waals surface area contributed by atoms with Crippen LogP contribution in [0.15, 0.2) is 29.4 Å². The van der Waals surface area contributed by atoms with Gasteiger partial charge in [0, 0.05) is 28.5 Å².